The zero-order chi connectivity index (χ0) is 18.3. The van der Waals surface area contributed by atoms with E-state index in [0.29, 0.717) is 0 Å². The normalized spacial score (nSPS) is 18.5. The molecule has 0 saturated heterocycles. The number of alkyl halides is 7. The van der Waals surface area contributed by atoms with E-state index in [2.05, 4.69) is 4.52 Å². The van der Waals surface area contributed by atoms with Crippen LogP contribution >= 0.6 is 89.0 Å². The fourth-order valence-corrected chi connectivity index (χ4v) is 4.98. The summed E-state index contributed by atoms with van der Waals surface area (Å²) in [6.07, 6.45) is 0.313. The second kappa shape index (κ2) is 11.1. The van der Waals surface area contributed by atoms with E-state index in [1.165, 1.54) is 0 Å². The molecule has 0 rings (SSSR count). The van der Waals surface area contributed by atoms with Gasteiger partial charge in [-0.1, -0.05) is 0 Å². The molecule has 0 fully saturated rings. The zero-order valence-electron chi connectivity index (χ0n) is 11.9. The fourth-order valence-electron chi connectivity index (χ4n) is 2.02. The monoisotopic (exact) mass is 490 g/mol. The number of halogens is 7. The maximum Gasteiger partial charge on any atom is 0.469 e. The van der Waals surface area contributed by atoms with Crippen LogP contribution in [0.25, 0.3) is 0 Å². The van der Waals surface area contributed by atoms with Gasteiger partial charge < -0.3 is 9.79 Å². The Kier molecular flexibility index (Phi) is 12.1. The molecule has 0 aliphatic heterocycles. The summed E-state index contributed by atoms with van der Waals surface area (Å²) in [4.78, 5) is 16.7. The quantitative estimate of drug-likeness (QED) is 0.296. The molecule has 0 aromatic rings. The molecule has 0 aromatic carbocycles. The first-order valence-electron chi connectivity index (χ1n) is 6.40. The molecule has 2 N–H and O–H groups in total. The Labute approximate surface area is 171 Å². The topological polar surface area (TPSA) is 66.8 Å². The van der Waals surface area contributed by atoms with Crippen molar-refractivity contribution < 1.29 is 18.9 Å². The average Bonchev–Trinajstić information content (AvgIpc) is 2.47. The minimum absolute atomic E-state index is 0.115. The average molecular weight is 493 g/mol. The molecule has 23 heavy (non-hydrogen) atoms. The van der Waals surface area contributed by atoms with Gasteiger partial charge in [-0.25, -0.2) is 4.57 Å². The summed E-state index contributed by atoms with van der Waals surface area (Å²) in [6, 6.07) is 0. The molecular weight excluding hydrogens is 475 g/mol. The van der Waals surface area contributed by atoms with Gasteiger partial charge >= 0.3 is 7.82 Å². The molecule has 2 atom stereocenters. The molecule has 0 bridgehead atoms. The second-order valence-electron chi connectivity index (χ2n) is 5.19. The lowest BCUT2D eigenvalue weighted by Crippen LogP contribution is -2.52. The maximum absolute atomic E-state index is 11.0. The summed E-state index contributed by atoms with van der Waals surface area (Å²) in [7, 11) is -4.73. The van der Waals surface area contributed by atoms with Gasteiger partial charge in [0.1, 0.15) is 0 Å². The van der Waals surface area contributed by atoms with E-state index in [0.717, 1.165) is 0 Å². The largest absolute Gasteiger partial charge is 0.469 e. The van der Waals surface area contributed by atoms with Crippen LogP contribution in [0.2, 0.25) is 0 Å². The molecule has 0 radical (unpaired) electrons. The van der Waals surface area contributed by atoms with Crippen LogP contribution in [-0.2, 0) is 9.09 Å². The SMILES string of the molecule is O=P(O)(O)OCC(CCl)(CCl)C(Cl)(CC(Cl)CCl)CC(Cl)CCl. The lowest BCUT2D eigenvalue weighted by molar-refractivity contribution is 0.0945. The molecule has 0 aliphatic carbocycles. The van der Waals surface area contributed by atoms with E-state index in [1.807, 2.05) is 0 Å². The van der Waals surface area contributed by atoms with E-state index in [1.54, 1.807) is 0 Å². The van der Waals surface area contributed by atoms with Crippen LogP contribution in [0, 0.1) is 5.41 Å². The van der Waals surface area contributed by atoms with Gasteiger partial charge in [0.05, 0.1) is 11.5 Å². The number of phosphoric acid groups is 1. The van der Waals surface area contributed by atoms with Gasteiger partial charge in [-0.3, -0.25) is 4.52 Å². The second-order valence-corrected chi connectivity index (χ2v) is 9.54. The van der Waals surface area contributed by atoms with Crippen molar-refractivity contribution in [1.29, 1.82) is 0 Å². The third-order valence-electron chi connectivity index (χ3n) is 3.40. The van der Waals surface area contributed by atoms with Crippen LogP contribution in [0.15, 0.2) is 0 Å². The molecule has 4 nitrogen and oxygen atoms in total. The highest BCUT2D eigenvalue weighted by Gasteiger charge is 2.52. The number of phosphoric ester groups is 1. The van der Waals surface area contributed by atoms with Crippen molar-refractivity contribution in [2.45, 2.75) is 28.5 Å². The predicted molar refractivity (Wildman–Crippen MR) is 100 cm³/mol. The highest BCUT2D eigenvalue weighted by atomic mass is 35.5. The summed E-state index contributed by atoms with van der Waals surface area (Å²) < 4.78 is 15.7. The molecule has 0 aliphatic rings. The molecule has 0 heterocycles. The van der Waals surface area contributed by atoms with Crippen molar-refractivity contribution in [3.8, 4) is 0 Å². The number of hydrogen-bond acceptors (Lipinski definition) is 2. The minimum Gasteiger partial charge on any atom is -0.303 e. The first kappa shape index (κ1) is 25.1. The number of rotatable bonds is 12. The Morgan fingerprint density at radius 3 is 1.61 bits per heavy atom. The Morgan fingerprint density at radius 1 is 0.957 bits per heavy atom. The lowest BCUT2D eigenvalue weighted by atomic mass is 9.73. The van der Waals surface area contributed by atoms with Crippen LogP contribution in [-0.4, -0.2) is 55.5 Å². The Balaban J connectivity index is 5.65. The van der Waals surface area contributed by atoms with Crippen molar-refractivity contribution in [2.24, 2.45) is 5.41 Å². The summed E-state index contributed by atoms with van der Waals surface area (Å²) in [5.41, 5.74) is -1.20. The van der Waals surface area contributed by atoms with Crippen molar-refractivity contribution in [3.63, 3.8) is 0 Å². The van der Waals surface area contributed by atoms with Gasteiger partial charge in [-0.2, -0.15) is 0 Å². The van der Waals surface area contributed by atoms with E-state index in [4.69, 9.17) is 91.0 Å². The van der Waals surface area contributed by atoms with Crippen molar-refractivity contribution in [1.82, 2.24) is 0 Å². The first-order valence-corrected chi connectivity index (χ1v) is 11.3. The Morgan fingerprint density at radius 2 is 1.35 bits per heavy atom. The van der Waals surface area contributed by atoms with E-state index in [9.17, 15) is 4.57 Å². The van der Waals surface area contributed by atoms with Crippen LogP contribution in [0.3, 0.4) is 0 Å². The van der Waals surface area contributed by atoms with Gasteiger partial charge in [-0.15, -0.1) is 81.2 Å². The summed E-state index contributed by atoms with van der Waals surface area (Å²) in [6.45, 7) is -0.467. The zero-order valence-corrected chi connectivity index (χ0v) is 18.1. The minimum atomic E-state index is -4.73. The number of hydrogen-bond donors (Lipinski definition) is 2. The van der Waals surface area contributed by atoms with Gasteiger partial charge in [0.2, 0.25) is 0 Å². The molecule has 0 saturated carbocycles. The molecule has 12 heteroatoms. The van der Waals surface area contributed by atoms with Gasteiger partial charge in [0.25, 0.3) is 0 Å². The predicted octanol–water partition coefficient (Wildman–Crippen LogP) is 5.01. The van der Waals surface area contributed by atoms with Crippen LogP contribution < -0.4 is 0 Å². The standard InChI is InChI=1S/C11H18Cl7O4P/c12-3-8(16)1-11(18,2-9(17)4-13)10(5-14,6-15)7-22-23(19,20)21/h8-9H,1-7H2,(H2,19,20,21). The Bertz CT molecular complexity index is 379. The summed E-state index contributed by atoms with van der Waals surface area (Å²) >= 11 is 42.5. The third kappa shape index (κ3) is 8.13. The lowest BCUT2D eigenvalue weighted by Gasteiger charge is -2.46. The van der Waals surface area contributed by atoms with E-state index in [-0.39, 0.29) is 36.4 Å². The van der Waals surface area contributed by atoms with E-state index >= 15 is 0 Å². The smallest absolute Gasteiger partial charge is 0.303 e. The van der Waals surface area contributed by atoms with E-state index < -0.39 is 35.5 Å². The molecular formula is C11H18Cl7O4P. The highest BCUT2D eigenvalue weighted by molar-refractivity contribution is 7.46. The van der Waals surface area contributed by atoms with Crippen molar-refractivity contribution >= 4 is 89.0 Å². The van der Waals surface area contributed by atoms with Crippen LogP contribution in [0.1, 0.15) is 12.8 Å². The summed E-state index contributed by atoms with van der Waals surface area (Å²) in [5.74, 6) is -0.0245. The molecule has 140 valence electrons. The van der Waals surface area contributed by atoms with Gasteiger partial charge in [0.15, 0.2) is 0 Å². The first-order chi connectivity index (χ1) is 10.5. The third-order valence-corrected chi connectivity index (χ3v) is 7.27. The van der Waals surface area contributed by atoms with Crippen LogP contribution in [0.5, 0.6) is 0 Å². The molecule has 0 amide bonds. The van der Waals surface area contributed by atoms with Crippen molar-refractivity contribution in [3.05, 3.63) is 0 Å². The van der Waals surface area contributed by atoms with Gasteiger partial charge in [-0.05, 0) is 12.8 Å². The highest BCUT2D eigenvalue weighted by Crippen LogP contribution is 2.50. The molecule has 0 aromatic heterocycles. The molecule has 2 unspecified atom stereocenters. The van der Waals surface area contributed by atoms with Crippen LogP contribution in [0.4, 0.5) is 0 Å². The van der Waals surface area contributed by atoms with Gasteiger partial charge in [0, 0.05) is 39.7 Å². The van der Waals surface area contributed by atoms with Crippen molar-refractivity contribution in [2.75, 3.05) is 30.1 Å². The fraction of sp³-hybridized carbons (Fsp3) is 1.00. The molecule has 0 spiro atoms. The Hall–Kier alpha value is 2.14. The summed E-state index contributed by atoms with van der Waals surface area (Å²) in [5, 5.41) is -1.04. The maximum atomic E-state index is 11.0.